The van der Waals surface area contributed by atoms with E-state index in [0.29, 0.717) is 16.7 Å². The quantitative estimate of drug-likeness (QED) is 0.0590. The molecule has 0 fully saturated rings. The molecule has 0 aliphatic carbocycles. The van der Waals surface area contributed by atoms with E-state index < -0.39 is 0 Å². The van der Waals surface area contributed by atoms with Gasteiger partial charge in [-0.25, -0.2) is 0 Å². The van der Waals surface area contributed by atoms with Gasteiger partial charge in [-0.2, -0.15) is 0 Å². The van der Waals surface area contributed by atoms with Crippen LogP contribution in [0.2, 0.25) is 0 Å². The Balaban J connectivity index is 0.898. The van der Waals surface area contributed by atoms with Crippen molar-refractivity contribution in [1.29, 1.82) is 0 Å². The van der Waals surface area contributed by atoms with Gasteiger partial charge in [0.1, 0.15) is 0 Å². The minimum Gasteiger partial charge on any atom is -0.322 e. The summed E-state index contributed by atoms with van der Waals surface area (Å²) in [5.74, 6) is -0.570. The summed E-state index contributed by atoms with van der Waals surface area (Å²) in [6, 6.07) is 74.5. The number of hydrogen-bond acceptors (Lipinski definition) is 4. The second kappa shape index (κ2) is 25.0. The zero-order chi connectivity index (χ0) is 55.3. The smallest absolute Gasteiger partial charge is 0.250 e. The monoisotopic (exact) mass is 1030 g/mol. The van der Waals surface area contributed by atoms with Crippen LogP contribution < -0.4 is 20.9 Å². The van der Waals surface area contributed by atoms with E-state index in [0.717, 1.165) is 101 Å². The number of anilines is 6. The lowest BCUT2D eigenvalue weighted by Crippen LogP contribution is -2.11. The number of nitrogens with one attached hydrogen (secondary N) is 3. The van der Waals surface area contributed by atoms with Gasteiger partial charge >= 0.3 is 0 Å². The summed E-state index contributed by atoms with van der Waals surface area (Å²) in [7, 11) is 0. The van der Waals surface area contributed by atoms with Crippen molar-refractivity contribution in [2.75, 3.05) is 20.9 Å². The molecule has 9 aromatic rings. The summed E-state index contributed by atoms with van der Waals surface area (Å²) in [5, 5.41) is 8.58. The molecule has 386 valence electrons. The number of benzene rings is 9. The van der Waals surface area contributed by atoms with Gasteiger partial charge in [0.05, 0.1) is 0 Å². The minimum absolute atomic E-state index is 0.190. The molecule has 7 nitrogen and oxygen atoms in total. The third kappa shape index (κ3) is 14.3. The maximum Gasteiger partial charge on any atom is 0.250 e. The molecule has 0 aliphatic rings. The summed E-state index contributed by atoms with van der Waals surface area (Å²) >= 11 is 0. The Labute approximate surface area is 463 Å². The van der Waals surface area contributed by atoms with Crippen LogP contribution in [0.4, 0.5) is 34.1 Å². The van der Waals surface area contributed by atoms with Gasteiger partial charge in [0, 0.05) is 50.8 Å². The van der Waals surface area contributed by atoms with Crippen LogP contribution in [0.5, 0.6) is 0 Å². The van der Waals surface area contributed by atoms with Crippen LogP contribution in [0.25, 0.3) is 69.8 Å². The molecule has 0 aromatic heterocycles. The predicted molar refractivity (Wildman–Crippen MR) is 334 cm³/mol. The van der Waals surface area contributed by atoms with Crippen LogP contribution in [-0.2, 0) is 14.4 Å². The Morgan fingerprint density at radius 2 is 0.443 bits per heavy atom. The van der Waals surface area contributed by atoms with Crippen LogP contribution in [0.1, 0.15) is 54.2 Å². The molecule has 79 heavy (non-hydrogen) atoms. The lowest BCUT2D eigenvalue weighted by Gasteiger charge is -2.26. The molecular formula is C72H60N4O3. The largest absolute Gasteiger partial charge is 0.322 e. The average Bonchev–Trinajstić information content (AvgIpc) is 3.47. The van der Waals surface area contributed by atoms with E-state index in [4.69, 9.17) is 0 Å². The highest BCUT2D eigenvalue weighted by molar-refractivity contribution is 6.04. The maximum absolute atomic E-state index is 12.0. The van der Waals surface area contributed by atoms with Gasteiger partial charge in [0.15, 0.2) is 0 Å². The molecule has 0 unspecified atom stereocenters. The standard InChI is InChI=1S/C72H60N4O3/c1-49(2)70(77)73-64-37-31-61(32-38-64)58-25-13-52(14-26-58)7-10-55-19-43-67(44-20-55)76(68-45-21-56(22-46-68)11-8-53-15-27-59(28-16-53)62-33-39-65(40-34-62)74-71(78)50(3)4)69-47-23-57(24-48-69)12-9-54-17-29-60(30-18-54)63-35-41-66(42-36-63)75-72(79)51(5)6/h7-48H,1,3,5H2,2,4,6H3,(H,73,77)(H,74,78)(H,75,79)/b10-7+,11-8+,12-9+. The van der Waals surface area contributed by atoms with E-state index in [1.54, 1.807) is 20.8 Å². The topological polar surface area (TPSA) is 90.5 Å². The molecular weight excluding hydrogens is 969 g/mol. The third-order valence-corrected chi connectivity index (χ3v) is 13.2. The molecule has 3 amide bonds. The Morgan fingerprint density at radius 1 is 0.278 bits per heavy atom. The van der Waals surface area contributed by atoms with Gasteiger partial charge < -0.3 is 20.9 Å². The van der Waals surface area contributed by atoms with Gasteiger partial charge in [-0.05, 0) is 160 Å². The highest BCUT2D eigenvalue weighted by Gasteiger charge is 2.13. The Bertz CT molecular complexity index is 3340. The SMILES string of the molecule is C=C(C)C(=O)Nc1ccc(-c2ccc(/C=C/c3ccc(N(c4ccc(/C=C/c5ccc(-c6ccc(NC(=O)C(=C)C)cc6)cc5)cc4)c4ccc(/C=C/c5ccc(-c6ccc(NC(=O)C(=C)C)cc6)cc5)cc4)cc3)cc2)cc1. The van der Waals surface area contributed by atoms with Crippen molar-refractivity contribution < 1.29 is 14.4 Å². The molecule has 7 heteroatoms. The van der Waals surface area contributed by atoms with Crippen LogP contribution in [-0.4, -0.2) is 17.7 Å². The zero-order valence-electron chi connectivity index (χ0n) is 44.5. The van der Waals surface area contributed by atoms with Crippen LogP contribution >= 0.6 is 0 Å². The van der Waals surface area contributed by atoms with Gasteiger partial charge in [0.25, 0.3) is 17.7 Å². The van der Waals surface area contributed by atoms with Crippen molar-refractivity contribution in [3.63, 3.8) is 0 Å². The number of carbonyl (C=O) groups is 3. The molecule has 0 bridgehead atoms. The van der Waals surface area contributed by atoms with Crippen molar-refractivity contribution in [2.24, 2.45) is 0 Å². The maximum atomic E-state index is 12.0. The first-order chi connectivity index (χ1) is 38.3. The second-order valence-corrected chi connectivity index (χ2v) is 19.4. The zero-order valence-corrected chi connectivity index (χ0v) is 44.5. The Hall–Kier alpha value is -10.4. The Kier molecular flexibility index (Phi) is 16.9. The second-order valence-electron chi connectivity index (χ2n) is 19.4. The van der Waals surface area contributed by atoms with Gasteiger partial charge in [0.2, 0.25) is 0 Å². The normalized spacial score (nSPS) is 11.1. The summed E-state index contributed by atoms with van der Waals surface area (Å²) in [5.41, 5.74) is 19.6. The summed E-state index contributed by atoms with van der Waals surface area (Å²) in [6.45, 7) is 16.2. The van der Waals surface area contributed by atoms with E-state index in [-0.39, 0.29) is 17.7 Å². The summed E-state index contributed by atoms with van der Waals surface area (Å²) in [4.78, 5) is 38.4. The van der Waals surface area contributed by atoms with E-state index in [1.807, 2.05) is 72.8 Å². The fraction of sp³-hybridized carbons (Fsp3) is 0.0417. The van der Waals surface area contributed by atoms with Crippen LogP contribution in [0.15, 0.2) is 255 Å². The first kappa shape index (κ1) is 53.5. The molecule has 9 aromatic carbocycles. The van der Waals surface area contributed by atoms with Gasteiger partial charge in [-0.3, -0.25) is 14.4 Å². The van der Waals surface area contributed by atoms with E-state index >= 15 is 0 Å². The van der Waals surface area contributed by atoms with Gasteiger partial charge in [-0.15, -0.1) is 0 Å². The fourth-order valence-corrected chi connectivity index (χ4v) is 8.54. The van der Waals surface area contributed by atoms with Crippen molar-refractivity contribution in [3.05, 3.63) is 288 Å². The minimum atomic E-state index is -0.190. The predicted octanol–water partition coefficient (Wildman–Crippen LogP) is 18.2. The van der Waals surface area contributed by atoms with Crippen molar-refractivity contribution >= 4 is 88.3 Å². The fourth-order valence-electron chi connectivity index (χ4n) is 8.54. The van der Waals surface area contributed by atoms with E-state index in [2.05, 4.69) is 223 Å². The summed E-state index contributed by atoms with van der Waals surface area (Å²) in [6.07, 6.45) is 12.7. The lowest BCUT2D eigenvalue weighted by molar-refractivity contribution is -0.113. The molecule has 0 aliphatic heterocycles. The highest BCUT2D eigenvalue weighted by Crippen LogP contribution is 2.36. The lowest BCUT2D eigenvalue weighted by atomic mass is 10.0. The number of rotatable bonds is 18. The highest BCUT2D eigenvalue weighted by atomic mass is 16.2. The number of hydrogen-bond donors (Lipinski definition) is 3. The number of nitrogens with zero attached hydrogens (tertiary/aromatic N) is 1. The van der Waals surface area contributed by atoms with Crippen LogP contribution in [0, 0.1) is 0 Å². The third-order valence-electron chi connectivity index (χ3n) is 13.2. The molecule has 0 atom stereocenters. The van der Waals surface area contributed by atoms with Crippen molar-refractivity contribution in [3.8, 4) is 33.4 Å². The molecule has 0 radical (unpaired) electrons. The van der Waals surface area contributed by atoms with Gasteiger partial charge in [-0.1, -0.05) is 202 Å². The van der Waals surface area contributed by atoms with Crippen molar-refractivity contribution in [2.45, 2.75) is 20.8 Å². The molecule has 0 saturated heterocycles. The first-order valence-corrected chi connectivity index (χ1v) is 26.0. The molecule has 0 heterocycles. The first-order valence-electron chi connectivity index (χ1n) is 26.0. The molecule has 9 rings (SSSR count). The molecule has 0 saturated carbocycles. The van der Waals surface area contributed by atoms with E-state index in [1.165, 1.54) is 0 Å². The average molecular weight is 1030 g/mol. The number of carbonyl (C=O) groups excluding carboxylic acids is 3. The summed E-state index contributed by atoms with van der Waals surface area (Å²) < 4.78 is 0. The van der Waals surface area contributed by atoms with E-state index in [9.17, 15) is 14.4 Å². The Morgan fingerprint density at radius 3 is 0.620 bits per heavy atom. The number of amides is 3. The molecule has 0 spiro atoms. The molecule has 3 N–H and O–H groups in total. The van der Waals surface area contributed by atoms with Crippen LogP contribution in [0.3, 0.4) is 0 Å². The van der Waals surface area contributed by atoms with Crippen molar-refractivity contribution in [1.82, 2.24) is 0 Å².